The van der Waals surface area contributed by atoms with Crippen LogP contribution in [0.1, 0.15) is 51.2 Å². The van der Waals surface area contributed by atoms with Gasteiger partial charge >= 0.3 is 0 Å². The smallest absolute Gasteiger partial charge is 0.271 e. The maximum atomic E-state index is 12.7. The third-order valence-corrected chi connectivity index (χ3v) is 6.09. The summed E-state index contributed by atoms with van der Waals surface area (Å²) in [4.78, 5) is 12.7. The molecule has 0 radical (unpaired) electrons. The number of nitrogens with zero attached hydrogens (tertiary/aromatic N) is 3. The highest BCUT2D eigenvalue weighted by atomic mass is 16.2. The predicted octanol–water partition coefficient (Wildman–Crippen LogP) is 5.83. The summed E-state index contributed by atoms with van der Waals surface area (Å²) in [7, 11) is 0. The molecule has 5 nitrogen and oxygen atoms in total. The number of hydrogen-bond donors (Lipinski definition) is 1. The molecule has 4 aromatic rings. The van der Waals surface area contributed by atoms with Crippen LogP contribution in [0.5, 0.6) is 0 Å². The van der Waals surface area contributed by atoms with E-state index in [9.17, 15) is 4.79 Å². The van der Waals surface area contributed by atoms with Crippen LogP contribution in [0.4, 0.5) is 0 Å². The highest BCUT2D eigenvalue weighted by Gasteiger charge is 2.12. The zero-order chi connectivity index (χ0) is 23.5. The molecular formula is C28H30N4O. The number of amides is 1. The van der Waals surface area contributed by atoms with Crippen molar-refractivity contribution in [3.63, 3.8) is 0 Å². The average Bonchev–Trinajstić information content (AvgIpc) is 3.30. The normalized spacial score (nSPS) is 11.3. The van der Waals surface area contributed by atoms with Crippen LogP contribution in [-0.4, -0.2) is 21.3 Å². The third kappa shape index (κ3) is 4.40. The quantitative estimate of drug-likeness (QED) is 0.299. The minimum Gasteiger partial charge on any atom is -0.318 e. The van der Waals surface area contributed by atoms with Crippen molar-refractivity contribution in [2.75, 3.05) is 0 Å². The van der Waals surface area contributed by atoms with E-state index in [1.165, 1.54) is 11.3 Å². The van der Waals surface area contributed by atoms with Crippen LogP contribution in [0.3, 0.4) is 0 Å². The minimum absolute atomic E-state index is 0.235. The van der Waals surface area contributed by atoms with E-state index in [2.05, 4.69) is 96.7 Å². The maximum absolute atomic E-state index is 12.7. The van der Waals surface area contributed by atoms with Crippen LogP contribution in [0, 0.1) is 27.7 Å². The Bertz CT molecular complexity index is 1320. The average molecular weight is 439 g/mol. The minimum atomic E-state index is -0.235. The second-order valence-electron chi connectivity index (χ2n) is 8.35. The van der Waals surface area contributed by atoms with Gasteiger partial charge in [0.1, 0.15) is 0 Å². The molecule has 0 atom stereocenters. The molecule has 0 spiro atoms. The molecule has 1 amide bonds. The van der Waals surface area contributed by atoms with Gasteiger partial charge in [0, 0.05) is 45.3 Å². The van der Waals surface area contributed by atoms with Gasteiger partial charge in [0.25, 0.3) is 5.91 Å². The Labute approximate surface area is 195 Å². The molecule has 0 aliphatic carbocycles. The predicted molar refractivity (Wildman–Crippen MR) is 135 cm³/mol. The largest absolute Gasteiger partial charge is 0.318 e. The van der Waals surface area contributed by atoms with Crippen molar-refractivity contribution >= 4 is 12.1 Å². The lowest BCUT2D eigenvalue weighted by Crippen LogP contribution is -2.18. The van der Waals surface area contributed by atoms with Gasteiger partial charge in [-0.05, 0) is 82.1 Å². The molecular weight excluding hydrogens is 408 g/mol. The Balaban J connectivity index is 1.54. The topological polar surface area (TPSA) is 51.3 Å². The highest BCUT2D eigenvalue weighted by Crippen LogP contribution is 2.23. The van der Waals surface area contributed by atoms with Crippen molar-refractivity contribution in [1.82, 2.24) is 14.6 Å². The highest BCUT2D eigenvalue weighted by molar-refractivity contribution is 5.95. The molecule has 0 aliphatic rings. The van der Waals surface area contributed by atoms with E-state index < -0.39 is 0 Å². The number of hydrogen-bond acceptors (Lipinski definition) is 2. The molecule has 0 saturated heterocycles. The molecule has 2 heterocycles. The number of rotatable bonds is 6. The lowest BCUT2D eigenvalue weighted by Gasteiger charge is -2.13. The Morgan fingerprint density at radius 2 is 1.61 bits per heavy atom. The monoisotopic (exact) mass is 438 g/mol. The number of carbonyl (C=O) groups excluding carboxylic acids is 1. The van der Waals surface area contributed by atoms with Crippen LogP contribution < -0.4 is 5.43 Å². The first-order chi connectivity index (χ1) is 15.9. The number of carbonyl (C=O) groups is 1. The summed E-state index contributed by atoms with van der Waals surface area (Å²) >= 11 is 0. The van der Waals surface area contributed by atoms with Gasteiger partial charge in [0.05, 0.1) is 6.21 Å². The van der Waals surface area contributed by atoms with Crippen molar-refractivity contribution in [3.05, 3.63) is 106 Å². The van der Waals surface area contributed by atoms with Crippen molar-refractivity contribution in [3.8, 4) is 11.4 Å². The molecule has 2 aromatic carbocycles. The number of hydrazone groups is 1. The molecule has 0 saturated carbocycles. The summed E-state index contributed by atoms with van der Waals surface area (Å²) in [5.74, 6) is -0.235. The molecule has 0 aliphatic heterocycles. The summed E-state index contributed by atoms with van der Waals surface area (Å²) in [6, 6.07) is 22.3. The molecule has 0 fully saturated rings. The fourth-order valence-corrected chi connectivity index (χ4v) is 4.40. The van der Waals surface area contributed by atoms with Crippen LogP contribution in [-0.2, 0) is 6.42 Å². The van der Waals surface area contributed by atoms with E-state index in [1.54, 1.807) is 12.3 Å². The molecule has 0 bridgehead atoms. The zero-order valence-corrected chi connectivity index (χ0v) is 19.9. The molecule has 1 N–H and O–H groups in total. The molecule has 168 valence electrons. The number of aryl methyl sites for hydroxylation is 4. The third-order valence-electron chi connectivity index (χ3n) is 6.09. The first-order valence-corrected chi connectivity index (χ1v) is 11.3. The Kier molecular flexibility index (Phi) is 6.31. The van der Waals surface area contributed by atoms with E-state index in [1.807, 2.05) is 18.2 Å². The fourth-order valence-electron chi connectivity index (χ4n) is 4.40. The first kappa shape index (κ1) is 22.3. The summed E-state index contributed by atoms with van der Waals surface area (Å²) in [6.45, 7) is 10.4. The van der Waals surface area contributed by atoms with Gasteiger partial charge in [-0.2, -0.15) is 5.10 Å². The molecule has 2 aromatic heterocycles. The Morgan fingerprint density at radius 1 is 0.879 bits per heavy atom. The second-order valence-corrected chi connectivity index (χ2v) is 8.35. The second kappa shape index (κ2) is 9.33. The van der Waals surface area contributed by atoms with Gasteiger partial charge in [-0.25, -0.2) is 5.43 Å². The number of benzene rings is 2. The maximum Gasteiger partial charge on any atom is 0.271 e. The lowest BCUT2D eigenvalue weighted by atomic mass is 10.1. The van der Waals surface area contributed by atoms with Crippen molar-refractivity contribution in [2.24, 2.45) is 5.10 Å². The van der Waals surface area contributed by atoms with Gasteiger partial charge in [-0.1, -0.05) is 31.2 Å². The first-order valence-electron chi connectivity index (χ1n) is 11.3. The van der Waals surface area contributed by atoms with Crippen molar-refractivity contribution in [2.45, 2.75) is 41.0 Å². The molecule has 5 heteroatoms. The van der Waals surface area contributed by atoms with Gasteiger partial charge in [0.2, 0.25) is 0 Å². The number of aromatic nitrogens is 2. The lowest BCUT2D eigenvalue weighted by molar-refractivity contribution is 0.0955. The number of para-hydroxylation sites is 1. The summed E-state index contributed by atoms with van der Waals surface area (Å²) in [6.07, 6.45) is 2.68. The van der Waals surface area contributed by atoms with Crippen LogP contribution in [0.2, 0.25) is 0 Å². The van der Waals surface area contributed by atoms with Crippen LogP contribution in [0.25, 0.3) is 11.4 Å². The molecule has 0 unspecified atom stereocenters. The van der Waals surface area contributed by atoms with Crippen LogP contribution >= 0.6 is 0 Å². The van der Waals surface area contributed by atoms with E-state index in [0.29, 0.717) is 5.56 Å². The molecule has 33 heavy (non-hydrogen) atoms. The van der Waals surface area contributed by atoms with E-state index in [4.69, 9.17) is 0 Å². The van der Waals surface area contributed by atoms with E-state index in [-0.39, 0.29) is 5.91 Å². The van der Waals surface area contributed by atoms with Gasteiger partial charge in [-0.3, -0.25) is 4.79 Å². The summed E-state index contributed by atoms with van der Waals surface area (Å²) in [5, 5.41) is 4.25. The van der Waals surface area contributed by atoms with E-state index in [0.717, 1.165) is 40.4 Å². The number of nitrogens with one attached hydrogen (secondary N) is 1. The Hall–Kier alpha value is -3.86. The summed E-state index contributed by atoms with van der Waals surface area (Å²) < 4.78 is 4.37. The van der Waals surface area contributed by atoms with E-state index >= 15 is 0 Å². The van der Waals surface area contributed by atoms with Crippen molar-refractivity contribution < 1.29 is 4.79 Å². The van der Waals surface area contributed by atoms with Gasteiger partial charge < -0.3 is 9.13 Å². The summed E-state index contributed by atoms with van der Waals surface area (Å²) in [5.41, 5.74) is 12.1. The SMILES string of the molecule is CCc1ccccc1-n1c(C)cc(/C=N\NC(=O)c2cccc(-n3c(C)ccc3C)c2)c1C. The zero-order valence-electron chi connectivity index (χ0n) is 19.9. The van der Waals surface area contributed by atoms with Gasteiger partial charge in [-0.15, -0.1) is 0 Å². The van der Waals surface area contributed by atoms with Crippen molar-refractivity contribution in [1.29, 1.82) is 0 Å². The Morgan fingerprint density at radius 3 is 2.33 bits per heavy atom. The van der Waals surface area contributed by atoms with Gasteiger partial charge in [0.15, 0.2) is 0 Å². The van der Waals surface area contributed by atoms with Crippen LogP contribution in [0.15, 0.2) is 71.8 Å². The standard InChI is InChI=1S/C28H30N4O/c1-6-23-10-7-8-13-27(23)32-21(4)16-25(22(32)5)18-29-30-28(33)24-11-9-12-26(17-24)31-19(2)14-15-20(31)3/h7-18H,6H2,1-5H3,(H,30,33)/b29-18-. The fraction of sp³-hybridized carbons (Fsp3) is 0.214. The molecule has 4 rings (SSSR count).